The number of aldehydes is 1. The van der Waals surface area contributed by atoms with E-state index in [-0.39, 0.29) is 12.3 Å². The van der Waals surface area contributed by atoms with Crippen LogP contribution >= 0.6 is 11.6 Å². The van der Waals surface area contributed by atoms with Gasteiger partial charge in [0.15, 0.2) is 0 Å². The van der Waals surface area contributed by atoms with E-state index < -0.39 is 5.97 Å². The zero-order valence-electron chi connectivity index (χ0n) is 6.12. The summed E-state index contributed by atoms with van der Waals surface area (Å²) in [5, 5.41) is 8.37. The third-order valence-corrected chi connectivity index (χ3v) is 1.81. The molecule has 0 heterocycles. The molecule has 0 aromatic rings. The molecular weight excluding hydrogens is 168 g/mol. The highest BCUT2D eigenvalue weighted by atomic mass is 35.5. The van der Waals surface area contributed by atoms with E-state index >= 15 is 0 Å². The maximum Gasteiger partial charge on any atom is 0.303 e. The van der Waals surface area contributed by atoms with Gasteiger partial charge < -0.3 is 9.90 Å². The van der Waals surface area contributed by atoms with Crippen LogP contribution in [0.15, 0.2) is 0 Å². The van der Waals surface area contributed by atoms with Gasteiger partial charge in [-0.25, -0.2) is 0 Å². The zero-order valence-corrected chi connectivity index (χ0v) is 6.88. The smallest absolute Gasteiger partial charge is 0.303 e. The Hall–Kier alpha value is -0.570. The van der Waals surface area contributed by atoms with Crippen LogP contribution in [0.2, 0.25) is 0 Å². The number of carbonyl (C=O) groups is 2. The lowest BCUT2D eigenvalue weighted by molar-refractivity contribution is -0.138. The van der Waals surface area contributed by atoms with Gasteiger partial charge in [0.05, 0.1) is 0 Å². The summed E-state index contributed by atoms with van der Waals surface area (Å²) in [7, 11) is 0. The van der Waals surface area contributed by atoms with Crippen molar-refractivity contribution in [3.63, 3.8) is 0 Å². The molecule has 1 atom stereocenters. The van der Waals surface area contributed by atoms with Crippen molar-refractivity contribution in [2.45, 2.75) is 19.3 Å². The predicted octanol–water partition coefficient (Wildman–Crippen LogP) is 1.30. The number of carboxylic acids is 1. The minimum atomic E-state index is -0.860. The Morgan fingerprint density at radius 3 is 2.64 bits per heavy atom. The molecule has 1 unspecified atom stereocenters. The number of aliphatic carboxylic acids is 1. The molecule has 1 N–H and O–H groups in total. The topological polar surface area (TPSA) is 54.4 Å². The lowest BCUT2D eigenvalue weighted by Gasteiger charge is -2.07. The molecule has 4 heteroatoms. The minimum absolute atomic E-state index is 0.0529. The van der Waals surface area contributed by atoms with Gasteiger partial charge in [0, 0.05) is 18.7 Å². The molecule has 0 aromatic carbocycles. The van der Waals surface area contributed by atoms with Crippen molar-refractivity contribution in [1.29, 1.82) is 0 Å². The number of alkyl halides is 1. The van der Waals surface area contributed by atoms with Crippen molar-refractivity contribution in [2.75, 3.05) is 5.88 Å². The predicted molar refractivity (Wildman–Crippen MR) is 41.8 cm³/mol. The molecule has 0 saturated heterocycles. The first-order valence-electron chi connectivity index (χ1n) is 3.42. The number of carbonyl (C=O) groups excluding carboxylic acids is 1. The van der Waals surface area contributed by atoms with Gasteiger partial charge in [-0.05, 0) is 12.3 Å². The summed E-state index contributed by atoms with van der Waals surface area (Å²) in [6, 6.07) is 0. The Balaban J connectivity index is 3.57. The van der Waals surface area contributed by atoms with Gasteiger partial charge in [-0.2, -0.15) is 0 Å². The van der Waals surface area contributed by atoms with Gasteiger partial charge in [0.1, 0.15) is 6.29 Å². The number of hydrogen-bond donors (Lipinski definition) is 1. The fourth-order valence-electron chi connectivity index (χ4n) is 0.784. The second-order valence-electron chi connectivity index (χ2n) is 2.36. The number of carboxylic acid groups (broad SMARTS) is 1. The molecule has 0 aliphatic carbocycles. The van der Waals surface area contributed by atoms with Crippen LogP contribution in [0.5, 0.6) is 0 Å². The summed E-state index contributed by atoms with van der Waals surface area (Å²) < 4.78 is 0. The number of rotatable bonds is 6. The molecular formula is C7H11ClO3. The Kier molecular flexibility index (Phi) is 5.84. The first-order valence-corrected chi connectivity index (χ1v) is 3.95. The van der Waals surface area contributed by atoms with E-state index in [1.165, 1.54) is 0 Å². The van der Waals surface area contributed by atoms with E-state index in [1.54, 1.807) is 0 Å². The highest BCUT2D eigenvalue weighted by Gasteiger charge is 2.10. The average molecular weight is 179 g/mol. The number of hydrogen-bond acceptors (Lipinski definition) is 2. The molecule has 3 nitrogen and oxygen atoms in total. The van der Waals surface area contributed by atoms with Gasteiger partial charge >= 0.3 is 5.97 Å². The van der Waals surface area contributed by atoms with Crippen molar-refractivity contribution in [3.05, 3.63) is 0 Å². The molecule has 0 rings (SSSR count). The molecule has 11 heavy (non-hydrogen) atoms. The first kappa shape index (κ1) is 10.4. The summed E-state index contributed by atoms with van der Waals surface area (Å²) in [6.45, 7) is 0. The van der Waals surface area contributed by atoms with Crippen LogP contribution in [0.3, 0.4) is 0 Å². The standard InChI is InChI=1S/C7H11ClO3/c8-5-6(2-1-3-9)4-7(10)11/h3,6H,1-2,4-5H2,(H,10,11). The van der Waals surface area contributed by atoms with Gasteiger partial charge in [-0.3, -0.25) is 4.79 Å². The minimum Gasteiger partial charge on any atom is -0.481 e. The molecule has 0 bridgehead atoms. The van der Waals surface area contributed by atoms with Crippen LogP contribution in [0.4, 0.5) is 0 Å². The second-order valence-corrected chi connectivity index (χ2v) is 2.67. The van der Waals surface area contributed by atoms with E-state index in [9.17, 15) is 9.59 Å². The van der Waals surface area contributed by atoms with E-state index in [1.807, 2.05) is 0 Å². The lowest BCUT2D eigenvalue weighted by atomic mass is 10.0. The largest absolute Gasteiger partial charge is 0.481 e. The quantitative estimate of drug-likeness (QED) is 0.493. The molecule has 0 aliphatic rings. The van der Waals surface area contributed by atoms with Crippen LogP contribution in [-0.4, -0.2) is 23.2 Å². The summed E-state index contributed by atoms with van der Waals surface area (Å²) in [5.41, 5.74) is 0. The fourth-order valence-corrected chi connectivity index (χ4v) is 1.05. The van der Waals surface area contributed by atoms with E-state index in [0.717, 1.165) is 6.29 Å². The molecule has 0 aromatic heterocycles. The van der Waals surface area contributed by atoms with Gasteiger partial charge in [0.25, 0.3) is 0 Å². The van der Waals surface area contributed by atoms with E-state index in [4.69, 9.17) is 16.7 Å². The third kappa shape index (κ3) is 5.85. The van der Waals surface area contributed by atoms with Crippen molar-refractivity contribution in [2.24, 2.45) is 5.92 Å². The highest BCUT2D eigenvalue weighted by Crippen LogP contribution is 2.11. The van der Waals surface area contributed by atoms with Crippen molar-refractivity contribution in [3.8, 4) is 0 Å². The fraction of sp³-hybridized carbons (Fsp3) is 0.714. The molecule has 0 spiro atoms. The molecule has 0 amide bonds. The van der Waals surface area contributed by atoms with Gasteiger partial charge in [-0.15, -0.1) is 11.6 Å². The monoisotopic (exact) mass is 178 g/mol. The summed E-state index contributed by atoms with van der Waals surface area (Å²) in [6.07, 6.45) is 1.79. The molecule has 64 valence electrons. The SMILES string of the molecule is O=CCCC(CCl)CC(=O)O. The van der Waals surface area contributed by atoms with Crippen LogP contribution in [-0.2, 0) is 9.59 Å². The third-order valence-electron chi connectivity index (χ3n) is 1.37. The lowest BCUT2D eigenvalue weighted by Crippen LogP contribution is -2.09. The number of halogens is 1. The van der Waals surface area contributed by atoms with Crippen molar-refractivity contribution >= 4 is 23.9 Å². The van der Waals surface area contributed by atoms with Crippen LogP contribution in [0.1, 0.15) is 19.3 Å². The molecule has 0 saturated carbocycles. The molecule has 0 fully saturated rings. The Morgan fingerprint density at radius 2 is 2.27 bits per heavy atom. The van der Waals surface area contributed by atoms with E-state index in [2.05, 4.69) is 0 Å². The maximum atomic E-state index is 10.2. The Morgan fingerprint density at radius 1 is 1.64 bits per heavy atom. The van der Waals surface area contributed by atoms with Crippen molar-refractivity contribution < 1.29 is 14.7 Å². The Bertz CT molecular complexity index is 136. The highest BCUT2D eigenvalue weighted by molar-refractivity contribution is 6.18. The molecule has 0 aliphatic heterocycles. The summed E-state index contributed by atoms with van der Waals surface area (Å²) in [5.74, 6) is -0.624. The Labute approximate surface area is 70.3 Å². The first-order chi connectivity index (χ1) is 5.20. The zero-order chi connectivity index (χ0) is 8.69. The van der Waals surface area contributed by atoms with Gasteiger partial charge in [0.2, 0.25) is 0 Å². The van der Waals surface area contributed by atoms with Gasteiger partial charge in [-0.1, -0.05) is 0 Å². The van der Waals surface area contributed by atoms with Crippen LogP contribution in [0, 0.1) is 5.92 Å². The molecule has 0 radical (unpaired) electrons. The summed E-state index contributed by atoms with van der Waals surface area (Å²) >= 11 is 5.47. The normalized spacial score (nSPS) is 12.5. The average Bonchev–Trinajstić information content (AvgIpc) is 1.97. The summed E-state index contributed by atoms with van der Waals surface area (Å²) in [4.78, 5) is 20.1. The maximum absolute atomic E-state index is 10.2. The second kappa shape index (κ2) is 6.16. The van der Waals surface area contributed by atoms with Crippen LogP contribution < -0.4 is 0 Å². The van der Waals surface area contributed by atoms with Crippen LogP contribution in [0.25, 0.3) is 0 Å². The van der Waals surface area contributed by atoms with Crippen molar-refractivity contribution in [1.82, 2.24) is 0 Å². The van der Waals surface area contributed by atoms with E-state index in [0.29, 0.717) is 18.7 Å².